The standard InChI is InChI=1S/C10H17NO2Si/c1-12-8-5-6-9(11)10(7-8)13-14(2,3)4/h5-7H,11H2,1-4H3. The number of anilines is 1. The van der Waals surface area contributed by atoms with Gasteiger partial charge in [0.15, 0.2) is 0 Å². The van der Waals surface area contributed by atoms with Crippen molar-refractivity contribution in [1.29, 1.82) is 0 Å². The number of nitrogen functional groups attached to an aromatic ring is 1. The van der Waals surface area contributed by atoms with Crippen LogP contribution in [0.3, 0.4) is 0 Å². The van der Waals surface area contributed by atoms with Gasteiger partial charge in [0.05, 0.1) is 12.8 Å². The number of rotatable bonds is 3. The maximum atomic E-state index is 5.81. The Balaban J connectivity index is 2.95. The van der Waals surface area contributed by atoms with Gasteiger partial charge in [-0.2, -0.15) is 0 Å². The van der Waals surface area contributed by atoms with Crippen LogP contribution < -0.4 is 14.9 Å². The zero-order valence-electron chi connectivity index (χ0n) is 9.13. The first-order chi connectivity index (χ1) is 6.42. The highest BCUT2D eigenvalue weighted by Gasteiger charge is 2.17. The molecule has 0 atom stereocenters. The molecular formula is C10H17NO2Si. The summed E-state index contributed by atoms with van der Waals surface area (Å²) in [6.45, 7) is 6.35. The van der Waals surface area contributed by atoms with E-state index in [1.807, 2.05) is 12.1 Å². The molecule has 4 heteroatoms. The Kier molecular flexibility index (Phi) is 3.05. The smallest absolute Gasteiger partial charge is 0.242 e. The second kappa shape index (κ2) is 3.92. The van der Waals surface area contributed by atoms with Gasteiger partial charge in [-0.05, 0) is 31.8 Å². The fourth-order valence-corrected chi connectivity index (χ4v) is 1.90. The highest BCUT2D eigenvalue weighted by Crippen LogP contribution is 2.28. The summed E-state index contributed by atoms with van der Waals surface area (Å²) >= 11 is 0. The van der Waals surface area contributed by atoms with Gasteiger partial charge in [-0.25, -0.2) is 0 Å². The zero-order chi connectivity index (χ0) is 10.8. The molecule has 0 aliphatic rings. The topological polar surface area (TPSA) is 44.5 Å². The molecular weight excluding hydrogens is 194 g/mol. The van der Waals surface area contributed by atoms with E-state index in [1.165, 1.54) is 0 Å². The molecule has 0 heterocycles. The Morgan fingerprint density at radius 2 is 1.86 bits per heavy atom. The lowest BCUT2D eigenvalue weighted by Crippen LogP contribution is -2.29. The third-order valence-corrected chi connectivity index (χ3v) is 2.47. The summed E-state index contributed by atoms with van der Waals surface area (Å²) in [5, 5.41) is 0. The Morgan fingerprint density at radius 1 is 1.21 bits per heavy atom. The molecule has 78 valence electrons. The van der Waals surface area contributed by atoms with Crippen molar-refractivity contribution in [3.63, 3.8) is 0 Å². The van der Waals surface area contributed by atoms with E-state index in [1.54, 1.807) is 13.2 Å². The summed E-state index contributed by atoms with van der Waals surface area (Å²) in [6, 6.07) is 5.45. The number of nitrogens with two attached hydrogens (primary N) is 1. The highest BCUT2D eigenvalue weighted by atomic mass is 28.4. The first kappa shape index (κ1) is 10.9. The van der Waals surface area contributed by atoms with Crippen molar-refractivity contribution in [2.45, 2.75) is 19.6 Å². The average Bonchev–Trinajstić information content (AvgIpc) is 2.06. The van der Waals surface area contributed by atoms with E-state index >= 15 is 0 Å². The van der Waals surface area contributed by atoms with E-state index in [0.717, 1.165) is 11.5 Å². The summed E-state index contributed by atoms with van der Waals surface area (Å²) < 4.78 is 10.9. The molecule has 0 saturated carbocycles. The van der Waals surface area contributed by atoms with Crippen LogP contribution in [0.1, 0.15) is 0 Å². The maximum absolute atomic E-state index is 5.81. The fraction of sp³-hybridized carbons (Fsp3) is 0.400. The first-order valence-corrected chi connectivity index (χ1v) is 7.96. The molecule has 14 heavy (non-hydrogen) atoms. The summed E-state index contributed by atoms with van der Waals surface area (Å²) in [6.07, 6.45) is 0. The predicted octanol–water partition coefficient (Wildman–Crippen LogP) is 2.49. The van der Waals surface area contributed by atoms with Gasteiger partial charge >= 0.3 is 0 Å². The van der Waals surface area contributed by atoms with Gasteiger partial charge in [0.2, 0.25) is 8.32 Å². The van der Waals surface area contributed by atoms with Crippen molar-refractivity contribution >= 4 is 14.0 Å². The predicted molar refractivity (Wildman–Crippen MR) is 61.4 cm³/mol. The van der Waals surface area contributed by atoms with Gasteiger partial charge in [-0.3, -0.25) is 0 Å². The monoisotopic (exact) mass is 211 g/mol. The number of hydrogen-bond acceptors (Lipinski definition) is 3. The second-order valence-electron chi connectivity index (χ2n) is 4.12. The van der Waals surface area contributed by atoms with E-state index in [9.17, 15) is 0 Å². The molecule has 0 saturated heterocycles. The van der Waals surface area contributed by atoms with Gasteiger partial charge in [-0.15, -0.1) is 0 Å². The molecule has 0 aliphatic heterocycles. The molecule has 3 nitrogen and oxygen atoms in total. The van der Waals surface area contributed by atoms with Crippen LogP contribution in [-0.4, -0.2) is 15.4 Å². The van der Waals surface area contributed by atoms with Crippen molar-refractivity contribution in [2.24, 2.45) is 0 Å². The Bertz CT molecular complexity index is 320. The number of hydrogen-bond donors (Lipinski definition) is 1. The van der Waals surface area contributed by atoms with Crippen LogP contribution in [0.2, 0.25) is 19.6 Å². The van der Waals surface area contributed by atoms with Gasteiger partial charge in [0.1, 0.15) is 11.5 Å². The Labute approximate surface area is 86.0 Å². The van der Waals surface area contributed by atoms with Crippen molar-refractivity contribution in [2.75, 3.05) is 12.8 Å². The minimum absolute atomic E-state index is 0.660. The molecule has 1 aromatic carbocycles. The Hall–Kier alpha value is -1.16. The lowest BCUT2D eigenvalue weighted by molar-refractivity contribution is 0.412. The van der Waals surface area contributed by atoms with Crippen LogP contribution in [0.5, 0.6) is 11.5 Å². The number of benzene rings is 1. The van der Waals surface area contributed by atoms with Crippen molar-refractivity contribution in [3.8, 4) is 11.5 Å². The molecule has 0 radical (unpaired) electrons. The summed E-state index contributed by atoms with van der Waals surface area (Å²) in [5.41, 5.74) is 6.45. The average molecular weight is 211 g/mol. The number of methoxy groups -OCH3 is 1. The van der Waals surface area contributed by atoms with Crippen molar-refractivity contribution < 1.29 is 9.16 Å². The van der Waals surface area contributed by atoms with Crippen molar-refractivity contribution in [1.82, 2.24) is 0 Å². The summed E-state index contributed by atoms with van der Waals surface area (Å²) in [4.78, 5) is 0. The lowest BCUT2D eigenvalue weighted by Gasteiger charge is -2.20. The minimum Gasteiger partial charge on any atom is -0.543 e. The van der Waals surface area contributed by atoms with E-state index < -0.39 is 8.32 Å². The van der Waals surface area contributed by atoms with Crippen LogP contribution in [0.25, 0.3) is 0 Å². The fourth-order valence-electron chi connectivity index (χ4n) is 1.06. The van der Waals surface area contributed by atoms with E-state index in [4.69, 9.17) is 14.9 Å². The molecule has 0 amide bonds. The molecule has 0 aliphatic carbocycles. The molecule has 1 rings (SSSR count). The largest absolute Gasteiger partial charge is 0.543 e. The molecule has 0 fully saturated rings. The lowest BCUT2D eigenvalue weighted by atomic mass is 10.3. The number of ether oxygens (including phenoxy) is 1. The summed E-state index contributed by atoms with van der Waals surface area (Å²) in [7, 11) is 0.0281. The van der Waals surface area contributed by atoms with Crippen LogP contribution in [0.4, 0.5) is 5.69 Å². The quantitative estimate of drug-likeness (QED) is 0.617. The van der Waals surface area contributed by atoms with E-state index in [2.05, 4.69) is 19.6 Å². The SMILES string of the molecule is COc1ccc(N)c(O[Si](C)(C)C)c1. The molecule has 2 N–H and O–H groups in total. The van der Waals surface area contributed by atoms with Crippen LogP contribution in [0, 0.1) is 0 Å². The molecule has 1 aromatic rings. The van der Waals surface area contributed by atoms with Gasteiger partial charge in [0, 0.05) is 6.07 Å². The molecule has 0 unspecified atom stereocenters. The van der Waals surface area contributed by atoms with E-state index in [-0.39, 0.29) is 0 Å². The van der Waals surface area contributed by atoms with Crippen LogP contribution in [0.15, 0.2) is 18.2 Å². The highest BCUT2D eigenvalue weighted by molar-refractivity contribution is 6.70. The zero-order valence-corrected chi connectivity index (χ0v) is 10.1. The summed E-state index contributed by atoms with van der Waals surface area (Å²) in [5.74, 6) is 1.50. The maximum Gasteiger partial charge on any atom is 0.242 e. The Morgan fingerprint density at radius 3 is 2.36 bits per heavy atom. The van der Waals surface area contributed by atoms with Gasteiger partial charge in [-0.1, -0.05) is 0 Å². The molecule has 0 aromatic heterocycles. The minimum atomic E-state index is -1.60. The van der Waals surface area contributed by atoms with E-state index in [0.29, 0.717) is 5.69 Å². The molecule has 0 spiro atoms. The van der Waals surface area contributed by atoms with Crippen molar-refractivity contribution in [3.05, 3.63) is 18.2 Å². The first-order valence-electron chi connectivity index (χ1n) is 4.55. The van der Waals surface area contributed by atoms with Gasteiger partial charge < -0.3 is 14.9 Å². The third-order valence-electron chi connectivity index (χ3n) is 1.64. The van der Waals surface area contributed by atoms with Crippen LogP contribution in [-0.2, 0) is 0 Å². The van der Waals surface area contributed by atoms with Crippen LogP contribution >= 0.6 is 0 Å². The third kappa shape index (κ3) is 2.96. The second-order valence-corrected chi connectivity index (χ2v) is 8.55. The molecule has 0 bridgehead atoms. The van der Waals surface area contributed by atoms with Gasteiger partial charge in [0.25, 0.3) is 0 Å². The normalized spacial score (nSPS) is 11.1.